The third kappa shape index (κ3) is 2.64. The number of ether oxygens (including phenoxy) is 1. The topological polar surface area (TPSA) is 26.3 Å². The Balaban J connectivity index is 3.38. The Labute approximate surface area is 99.8 Å². The first-order chi connectivity index (χ1) is 6.97. The van der Waals surface area contributed by atoms with Crippen LogP contribution in [0, 0.1) is 3.57 Å². The average molecular weight is 326 g/mol. The second kappa shape index (κ2) is 4.87. The van der Waals surface area contributed by atoms with Crippen LogP contribution in [0.3, 0.4) is 0 Å². The SMILES string of the molecule is COc1c(I)cc(C(F)F)cc1C(C)=O. The molecule has 0 fully saturated rings. The van der Waals surface area contributed by atoms with Gasteiger partial charge in [-0.3, -0.25) is 4.79 Å². The molecular weight excluding hydrogens is 317 g/mol. The smallest absolute Gasteiger partial charge is 0.263 e. The molecule has 82 valence electrons. The molecule has 0 atom stereocenters. The van der Waals surface area contributed by atoms with Crippen LogP contribution in [-0.4, -0.2) is 12.9 Å². The second-order valence-corrected chi connectivity index (χ2v) is 4.10. The monoisotopic (exact) mass is 326 g/mol. The molecule has 0 saturated carbocycles. The maximum Gasteiger partial charge on any atom is 0.263 e. The zero-order chi connectivity index (χ0) is 11.6. The highest BCUT2D eigenvalue weighted by atomic mass is 127. The van der Waals surface area contributed by atoms with Crippen molar-refractivity contribution >= 4 is 28.4 Å². The first-order valence-corrected chi connectivity index (χ1v) is 5.21. The van der Waals surface area contributed by atoms with Gasteiger partial charge < -0.3 is 4.74 Å². The van der Waals surface area contributed by atoms with Crippen molar-refractivity contribution in [3.8, 4) is 5.75 Å². The van der Waals surface area contributed by atoms with E-state index in [-0.39, 0.29) is 16.9 Å². The van der Waals surface area contributed by atoms with Crippen LogP contribution in [0.5, 0.6) is 5.75 Å². The summed E-state index contributed by atoms with van der Waals surface area (Å²) in [6.45, 7) is 1.32. The molecular formula is C10H9F2IO2. The van der Waals surface area contributed by atoms with Gasteiger partial charge in [0.25, 0.3) is 6.43 Å². The van der Waals surface area contributed by atoms with Crippen molar-refractivity contribution in [2.24, 2.45) is 0 Å². The number of Topliss-reactive ketones (excluding diaryl/α,β-unsaturated/α-hetero) is 1. The summed E-state index contributed by atoms with van der Waals surface area (Å²) in [6.07, 6.45) is -2.58. The van der Waals surface area contributed by atoms with Crippen molar-refractivity contribution in [2.75, 3.05) is 7.11 Å². The normalized spacial score (nSPS) is 10.5. The van der Waals surface area contributed by atoms with Crippen LogP contribution >= 0.6 is 22.6 Å². The highest BCUT2D eigenvalue weighted by Crippen LogP contribution is 2.31. The second-order valence-electron chi connectivity index (χ2n) is 2.94. The molecule has 0 amide bonds. The largest absolute Gasteiger partial charge is 0.495 e. The Kier molecular flexibility index (Phi) is 4.01. The molecule has 2 nitrogen and oxygen atoms in total. The van der Waals surface area contributed by atoms with E-state index in [1.807, 2.05) is 22.6 Å². The van der Waals surface area contributed by atoms with Gasteiger partial charge in [0, 0.05) is 5.56 Å². The van der Waals surface area contributed by atoms with Crippen molar-refractivity contribution in [3.63, 3.8) is 0 Å². The van der Waals surface area contributed by atoms with Crippen molar-refractivity contribution in [1.82, 2.24) is 0 Å². The number of hydrogen-bond donors (Lipinski definition) is 0. The van der Waals surface area contributed by atoms with Gasteiger partial charge in [-0.2, -0.15) is 0 Å². The van der Waals surface area contributed by atoms with Crippen LogP contribution in [0.4, 0.5) is 8.78 Å². The molecule has 0 spiro atoms. The molecule has 15 heavy (non-hydrogen) atoms. The molecule has 1 aromatic carbocycles. The summed E-state index contributed by atoms with van der Waals surface area (Å²) >= 11 is 1.87. The number of methoxy groups -OCH3 is 1. The molecule has 0 aliphatic carbocycles. The number of rotatable bonds is 3. The van der Waals surface area contributed by atoms with E-state index in [9.17, 15) is 13.6 Å². The Morgan fingerprint density at radius 2 is 2.07 bits per heavy atom. The summed E-state index contributed by atoms with van der Waals surface area (Å²) in [5.41, 5.74) is 0.0325. The van der Waals surface area contributed by atoms with Gasteiger partial charge in [-0.15, -0.1) is 0 Å². The summed E-state index contributed by atoms with van der Waals surface area (Å²) in [6, 6.07) is 2.49. The van der Waals surface area contributed by atoms with Gasteiger partial charge in [-0.05, 0) is 41.6 Å². The van der Waals surface area contributed by atoms with Crippen LogP contribution < -0.4 is 4.74 Å². The molecule has 0 N–H and O–H groups in total. The van der Waals surface area contributed by atoms with Gasteiger partial charge >= 0.3 is 0 Å². The van der Waals surface area contributed by atoms with Gasteiger partial charge in [0.15, 0.2) is 5.78 Å². The van der Waals surface area contributed by atoms with Gasteiger partial charge in [-0.1, -0.05) is 0 Å². The summed E-state index contributed by atoms with van der Waals surface area (Å²) < 4.78 is 30.5. The van der Waals surface area contributed by atoms with Crippen LogP contribution in [-0.2, 0) is 0 Å². The molecule has 0 aromatic heterocycles. The number of benzene rings is 1. The van der Waals surface area contributed by atoms with Crippen molar-refractivity contribution in [3.05, 3.63) is 26.8 Å². The maximum atomic E-state index is 12.5. The van der Waals surface area contributed by atoms with Gasteiger partial charge in [-0.25, -0.2) is 8.78 Å². The van der Waals surface area contributed by atoms with Crippen LogP contribution in [0.25, 0.3) is 0 Å². The summed E-state index contributed by atoms with van der Waals surface area (Å²) in [4.78, 5) is 11.2. The van der Waals surface area contributed by atoms with E-state index in [0.29, 0.717) is 9.32 Å². The predicted molar refractivity (Wildman–Crippen MR) is 60.7 cm³/mol. The van der Waals surface area contributed by atoms with E-state index in [4.69, 9.17) is 4.74 Å². The standard InChI is InChI=1S/C10H9F2IO2/c1-5(14)7-3-6(10(11)12)4-8(13)9(7)15-2/h3-4,10H,1-2H3. The number of carbonyl (C=O) groups is 1. The first-order valence-electron chi connectivity index (χ1n) is 4.14. The highest BCUT2D eigenvalue weighted by molar-refractivity contribution is 14.1. The van der Waals surface area contributed by atoms with E-state index in [1.165, 1.54) is 26.2 Å². The fourth-order valence-corrected chi connectivity index (χ4v) is 2.08. The fourth-order valence-electron chi connectivity index (χ4n) is 1.21. The number of hydrogen-bond acceptors (Lipinski definition) is 2. The summed E-state index contributed by atoms with van der Waals surface area (Å²) in [5.74, 6) is 0.0692. The van der Waals surface area contributed by atoms with Crippen LogP contribution in [0.15, 0.2) is 12.1 Å². The predicted octanol–water partition coefficient (Wildman–Crippen LogP) is 3.44. The Morgan fingerprint density at radius 3 is 2.47 bits per heavy atom. The molecule has 0 aliphatic rings. The zero-order valence-corrected chi connectivity index (χ0v) is 10.3. The first kappa shape index (κ1) is 12.4. The van der Waals surface area contributed by atoms with E-state index in [1.54, 1.807) is 0 Å². The van der Waals surface area contributed by atoms with Gasteiger partial charge in [0.2, 0.25) is 0 Å². The number of alkyl halides is 2. The molecule has 0 aliphatic heterocycles. The lowest BCUT2D eigenvalue weighted by Crippen LogP contribution is -2.01. The van der Waals surface area contributed by atoms with Crippen molar-refractivity contribution in [1.29, 1.82) is 0 Å². The Hall–Kier alpha value is -0.720. The number of halogens is 3. The molecule has 0 radical (unpaired) electrons. The highest BCUT2D eigenvalue weighted by Gasteiger charge is 2.17. The molecule has 0 unspecified atom stereocenters. The molecule has 1 rings (SSSR count). The van der Waals surface area contributed by atoms with Crippen LogP contribution in [0.1, 0.15) is 29.3 Å². The Bertz CT molecular complexity index is 391. The summed E-state index contributed by atoms with van der Waals surface area (Å²) in [5, 5.41) is 0. The zero-order valence-electron chi connectivity index (χ0n) is 8.18. The van der Waals surface area contributed by atoms with Crippen molar-refractivity contribution in [2.45, 2.75) is 13.3 Å². The van der Waals surface area contributed by atoms with E-state index in [0.717, 1.165) is 0 Å². The van der Waals surface area contributed by atoms with E-state index < -0.39 is 6.43 Å². The molecule has 0 saturated heterocycles. The molecule has 1 aromatic rings. The average Bonchev–Trinajstić information content (AvgIpc) is 2.16. The quantitative estimate of drug-likeness (QED) is 0.628. The molecule has 5 heteroatoms. The van der Waals surface area contributed by atoms with Crippen molar-refractivity contribution < 1.29 is 18.3 Å². The lowest BCUT2D eigenvalue weighted by molar-refractivity contribution is 0.101. The third-order valence-electron chi connectivity index (χ3n) is 1.90. The number of ketones is 1. The van der Waals surface area contributed by atoms with E-state index >= 15 is 0 Å². The lowest BCUT2D eigenvalue weighted by atomic mass is 10.1. The molecule has 0 heterocycles. The third-order valence-corrected chi connectivity index (χ3v) is 2.70. The number of carbonyl (C=O) groups excluding carboxylic acids is 1. The minimum absolute atomic E-state index is 0.162. The van der Waals surface area contributed by atoms with Gasteiger partial charge in [0.1, 0.15) is 5.75 Å². The lowest BCUT2D eigenvalue weighted by Gasteiger charge is -2.10. The van der Waals surface area contributed by atoms with Gasteiger partial charge in [0.05, 0.1) is 16.2 Å². The van der Waals surface area contributed by atoms with E-state index in [2.05, 4.69) is 0 Å². The minimum Gasteiger partial charge on any atom is -0.495 e. The molecule has 0 bridgehead atoms. The maximum absolute atomic E-state index is 12.5. The fraction of sp³-hybridized carbons (Fsp3) is 0.300. The summed E-state index contributed by atoms with van der Waals surface area (Å²) in [7, 11) is 1.41. The minimum atomic E-state index is -2.58. The van der Waals surface area contributed by atoms with Crippen LogP contribution in [0.2, 0.25) is 0 Å². The Morgan fingerprint density at radius 1 is 1.47 bits per heavy atom.